The number of benzene rings is 1. The van der Waals surface area contributed by atoms with Crippen molar-refractivity contribution in [1.29, 1.82) is 0 Å². The molecule has 0 spiro atoms. The monoisotopic (exact) mass is 361 g/mol. The summed E-state index contributed by atoms with van der Waals surface area (Å²) in [5.41, 5.74) is 0.812. The van der Waals surface area contributed by atoms with Crippen LogP contribution in [0.15, 0.2) is 24.3 Å². The van der Waals surface area contributed by atoms with Gasteiger partial charge in [-0.05, 0) is 56.4 Å². The first-order valence-corrected chi connectivity index (χ1v) is 9.50. The van der Waals surface area contributed by atoms with Gasteiger partial charge < -0.3 is 15.1 Å². The molecule has 3 fully saturated rings. The number of rotatable bonds is 3. The summed E-state index contributed by atoms with van der Waals surface area (Å²) >= 11 is 5.92. The lowest BCUT2D eigenvalue weighted by Crippen LogP contribution is -2.50. The molecule has 3 aliphatic rings. The maximum Gasteiger partial charge on any atom is 0.239 e. The Hall–Kier alpha value is -1.59. The number of piperidine rings is 1. The van der Waals surface area contributed by atoms with Gasteiger partial charge >= 0.3 is 0 Å². The topological polar surface area (TPSA) is 52.7 Å². The highest BCUT2D eigenvalue weighted by atomic mass is 35.5. The molecule has 3 unspecified atom stereocenters. The second kappa shape index (κ2) is 6.61. The number of nitrogens with zero attached hydrogens (tertiary/aromatic N) is 2. The van der Waals surface area contributed by atoms with E-state index in [-0.39, 0.29) is 17.9 Å². The molecule has 0 aliphatic carbocycles. The van der Waals surface area contributed by atoms with Crippen molar-refractivity contribution in [3.63, 3.8) is 0 Å². The lowest BCUT2D eigenvalue weighted by atomic mass is 9.96. The minimum absolute atomic E-state index is 0.0206. The zero-order valence-corrected chi connectivity index (χ0v) is 15.2. The number of nitrogens with one attached hydrogen (secondary N) is 1. The quantitative estimate of drug-likeness (QED) is 0.841. The van der Waals surface area contributed by atoms with E-state index in [2.05, 4.69) is 5.32 Å². The van der Waals surface area contributed by atoms with Gasteiger partial charge in [0.15, 0.2) is 0 Å². The van der Waals surface area contributed by atoms with E-state index in [4.69, 9.17) is 11.6 Å². The van der Waals surface area contributed by atoms with Crippen LogP contribution in [0.4, 0.5) is 5.69 Å². The number of amides is 2. The van der Waals surface area contributed by atoms with Crippen LogP contribution in [0.5, 0.6) is 0 Å². The predicted octanol–water partition coefficient (Wildman–Crippen LogP) is 2.43. The van der Waals surface area contributed by atoms with E-state index in [1.54, 1.807) is 17.0 Å². The molecule has 3 aliphatic heterocycles. The van der Waals surface area contributed by atoms with Crippen molar-refractivity contribution in [2.75, 3.05) is 18.5 Å². The second-order valence-electron chi connectivity index (χ2n) is 7.52. The molecule has 6 heteroatoms. The van der Waals surface area contributed by atoms with Gasteiger partial charge in [-0.25, -0.2) is 0 Å². The Bertz CT molecular complexity index is 666. The van der Waals surface area contributed by atoms with Crippen molar-refractivity contribution in [2.24, 2.45) is 5.92 Å². The standard InChI is InChI=1S/C19H24ClN3O2/c1-22(16-10-13-4-5-14(11-16)21-13)18(24)17-8-9-23(19(17)25)15-6-2-12(20)3-7-15/h2-3,6-7,13-14,16-17,21H,4-5,8-11H2,1H3. The van der Waals surface area contributed by atoms with Crippen molar-refractivity contribution >= 4 is 29.1 Å². The molecule has 5 nitrogen and oxygen atoms in total. The van der Waals surface area contributed by atoms with Crippen LogP contribution >= 0.6 is 11.6 Å². The molecular weight excluding hydrogens is 338 g/mol. The zero-order chi connectivity index (χ0) is 17.6. The summed E-state index contributed by atoms with van der Waals surface area (Å²) in [7, 11) is 1.87. The van der Waals surface area contributed by atoms with Gasteiger partial charge in [0.1, 0.15) is 5.92 Å². The van der Waals surface area contributed by atoms with Crippen LogP contribution in [0, 0.1) is 5.92 Å². The smallest absolute Gasteiger partial charge is 0.239 e. The lowest BCUT2D eigenvalue weighted by molar-refractivity contribution is -0.141. The molecule has 2 amide bonds. The fourth-order valence-corrected chi connectivity index (χ4v) is 4.68. The van der Waals surface area contributed by atoms with Gasteiger partial charge in [0, 0.05) is 42.4 Å². The molecule has 1 aromatic rings. The van der Waals surface area contributed by atoms with E-state index in [1.165, 1.54) is 12.8 Å². The molecule has 3 saturated heterocycles. The summed E-state index contributed by atoms with van der Waals surface area (Å²) in [5.74, 6) is -0.656. The third kappa shape index (κ3) is 3.15. The fraction of sp³-hybridized carbons (Fsp3) is 0.579. The average molecular weight is 362 g/mol. The Morgan fingerprint density at radius 1 is 1.16 bits per heavy atom. The molecule has 0 saturated carbocycles. The van der Waals surface area contributed by atoms with Crippen molar-refractivity contribution < 1.29 is 9.59 Å². The molecule has 1 N–H and O–H groups in total. The van der Waals surface area contributed by atoms with Gasteiger partial charge in [-0.15, -0.1) is 0 Å². The number of carbonyl (C=O) groups excluding carboxylic acids is 2. The zero-order valence-electron chi connectivity index (χ0n) is 14.5. The SMILES string of the molecule is CN(C(=O)C1CCN(c2ccc(Cl)cc2)C1=O)C1CC2CCC(C1)N2. The largest absolute Gasteiger partial charge is 0.342 e. The second-order valence-corrected chi connectivity index (χ2v) is 7.96. The van der Waals surface area contributed by atoms with Crippen LogP contribution < -0.4 is 10.2 Å². The Morgan fingerprint density at radius 2 is 1.80 bits per heavy atom. The maximum absolute atomic E-state index is 13.0. The first-order chi connectivity index (χ1) is 12.0. The van der Waals surface area contributed by atoms with Gasteiger partial charge in [-0.3, -0.25) is 9.59 Å². The van der Waals surface area contributed by atoms with Crippen LogP contribution in [0.25, 0.3) is 0 Å². The Kier molecular flexibility index (Phi) is 4.46. The molecule has 3 atom stereocenters. The van der Waals surface area contributed by atoms with Gasteiger partial charge in [0.25, 0.3) is 0 Å². The summed E-state index contributed by atoms with van der Waals surface area (Å²) < 4.78 is 0. The van der Waals surface area contributed by atoms with E-state index in [1.807, 2.05) is 24.1 Å². The molecule has 0 aromatic heterocycles. The summed E-state index contributed by atoms with van der Waals surface area (Å²) in [5, 5.41) is 4.24. The first kappa shape index (κ1) is 16.9. The summed E-state index contributed by atoms with van der Waals surface area (Å²) in [6, 6.07) is 8.53. The molecule has 134 valence electrons. The third-order valence-corrected chi connectivity index (χ3v) is 6.24. The van der Waals surface area contributed by atoms with Gasteiger partial charge in [-0.2, -0.15) is 0 Å². The minimum atomic E-state index is -0.548. The molecular formula is C19H24ClN3O2. The highest BCUT2D eigenvalue weighted by Gasteiger charge is 2.42. The Balaban J connectivity index is 1.44. The number of halogens is 1. The Labute approximate surface area is 153 Å². The molecule has 4 rings (SSSR count). The molecule has 1 aromatic carbocycles. The van der Waals surface area contributed by atoms with E-state index in [0.717, 1.165) is 18.5 Å². The third-order valence-electron chi connectivity index (χ3n) is 5.99. The molecule has 2 bridgehead atoms. The number of hydrogen-bond acceptors (Lipinski definition) is 3. The first-order valence-electron chi connectivity index (χ1n) is 9.12. The minimum Gasteiger partial charge on any atom is -0.342 e. The summed E-state index contributed by atoms with van der Waals surface area (Å²) in [6.07, 6.45) is 5.00. The average Bonchev–Trinajstić information content (AvgIpc) is 3.16. The number of hydrogen-bond donors (Lipinski definition) is 1. The van der Waals surface area contributed by atoms with Crippen molar-refractivity contribution in [1.82, 2.24) is 10.2 Å². The molecule has 3 heterocycles. The normalized spacial score (nSPS) is 31.4. The van der Waals surface area contributed by atoms with Gasteiger partial charge in [0.05, 0.1) is 0 Å². The number of fused-ring (bicyclic) bond motifs is 2. The molecule has 0 radical (unpaired) electrons. The summed E-state index contributed by atoms with van der Waals surface area (Å²) in [6.45, 7) is 0.586. The van der Waals surface area contributed by atoms with Gasteiger partial charge in [0.2, 0.25) is 11.8 Å². The van der Waals surface area contributed by atoms with Gasteiger partial charge in [-0.1, -0.05) is 11.6 Å². The van der Waals surface area contributed by atoms with Crippen molar-refractivity contribution in [3.8, 4) is 0 Å². The van der Waals surface area contributed by atoms with Crippen molar-refractivity contribution in [3.05, 3.63) is 29.3 Å². The number of carbonyl (C=O) groups is 2. The van der Waals surface area contributed by atoms with Crippen LogP contribution in [0.1, 0.15) is 32.1 Å². The van der Waals surface area contributed by atoms with E-state index in [9.17, 15) is 9.59 Å². The molecule has 25 heavy (non-hydrogen) atoms. The highest BCUT2D eigenvalue weighted by molar-refractivity contribution is 6.30. The van der Waals surface area contributed by atoms with Crippen LogP contribution in [-0.2, 0) is 9.59 Å². The summed E-state index contributed by atoms with van der Waals surface area (Å²) in [4.78, 5) is 29.3. The van der Waals surface area contributed by atoms with Crippen LogP contribution in [0.2, 0.25) is 5.02 Å². The number of anilines is 1. The van der Waals surface area contributed by atoms with E-state index < -0.39 is 5.92 Å². The lowest BCUT2D eigenvalue weighted by Gasteiger charge is -2.36. The fourth-order valence-electron chi connectivity index (χ4n) is 4.56. The predicted molar refractivity (Wildman–Crippen MR) is 97.6 cm³/mol. The van der Waals surface area contributed by atoms with Crippen molar-refractivity contribution in [2.45, 2.75) is 50.2 Å². The maximum atomic E-state index is 13.0. The van der Waals surface area contributed by atoms with E-state index >= 15 is 0 Å². The highest BCUT2D eigenvalue weighted by Crippen LogP contribution is 2.32. The van der Waals surface area contributed by atoms with Crippen LogP contribution in [0.3, 0.4) is 0 Å². The van der Waals surface area contributed by atoms with Crippen LogP contribution in [-0.4, -0.2) is 48.4 Å². The van der Waals surface area contributed by atoms with E-state index in [0.29, 0.717) is 30.1 Å². The Morgan fingerprint density at radius 3 is 2.44 bits per heavy atom.